The molecule has 1 amide bonds. The van der Waals surface area contributed by atoms with Crippen LogP contribution in [0, 0.1) is 0 Å². The fraction of sp³-hybridized carbons (Fsp3) is 0.273. The highest BCUT2D eigenvalue weighted by Gasteiger charge is 2.35. The Morgan fingerprint density at radius 2 is 1.94 bits per heavy atom. The first-order chi connectivity index (χ1) is 7.44. The van der Waals surface area contributed by atoms with Crippen LogP contribution in [0.1, 0.15) is 12.5 Å². The third-order valence-electron chi connectivity index (χ3n) is 2.04. The van der Waals surface area contributed by atoms with E-state index >= 15 is 0 Å². The second kappa shape index (κ2) is 5.03. The van der Waals surface area contributed by atoms with Crippen LogP contribution >= 0.6 is 12.6 Å². The molecule has 1 aromatic carbocycles. The number of hydrogen-bond donors (Lipinski definition) is 3. The van der Waals surface area contributed by atoms with Gasteiger partial charge in [0.15, 0.2) is 4.87 Å². The summed E-state index contributed by atoms with van der Waals surface area (Å²) in [6, 6.07) is 9.02. The van der Waals surface area contributed by atoms with E-state index < -0.39 is 16.7 Å². The number of hydrogen-bond acceptors (Lipinski definition) is 3. The summed E-state index contributed by atoms with van der Waals surface area (Å²) >= 11 is 4.03. The summed E-state index contributed by atoms with van der Waals surface area (Å²) in [7, 11) is 0. The van der Waals surface area contributed by atoms with Crippen molar-refractivity contribution in [3.05, 3.63) is 35.9 Å². The largest absolute Gasteiger partial charge is 0.479 e. The van der Waals surface area contributed by atoms with Crippen molar-refractivity contribution in [2.45, 2.75) is 18.2 Å². The number of carboxylic acids is 1. The van der Waals surface area contributed by atoms with E-state index in [1.54, 1.807) is 24.3 Å². The zero-order valence-corrected chi connectivity index (χ0v) is 9.70. The molecule has 0 saturated heterocycles. The van der Waals surface area contributed by atoms with Crippen molar-refractivity contribution in [1.82, 2.24) is 5.32 Å². The smallest absolute Gasteiger partial charge is 0.340 e. The van der Waals surface area contributed by atoms with E-state index in [9.17, 15) is 9.59 Å². The van der Waals surface area contributed by atoms with E-state index in [-0.39, 0.29) is 6.42 Å². The van der Waals surface area contributed by atoms with Gasteiger partial charge in [-0.05, 0) is 5.56 Å². The minimum atomic E-state index is -1.56. The van der Waals surface area contributed by atoms with Gasteiger partial charge in [-0.1, -0.05) is 30.3 Å². The number of nitrogens with one attached hydrogen (secondary N) is 1. The lowest BCUT2D eigenvalue weighted by Crippen LogP contribution is -2.51. The van der Waals surface area contributed by atoms with Crippen LogP contribution in [-0.2, 0) is 16.0 Å². The molecule has 1 atom stereocenters. The molecule has 0 saturated carbocycles. The molecule has 16 heavy (non-hydrogen) atoms. The van der Waals surface area contributed by atoms with Crippen LogP contribution in [0.5, 0.6) is 0 Å². The predicted octanol–water partition coefficient (Wildman–Crippen LogP) is 1.08. The monoisotopic (exact) mass is 239 g/mol. The van der Waals surface area contributed by atoms with E-state index in [1.807, 2.05) is 6.07 Å². The van der Waals surface area contributed by atoms with Gasteiger partial charge in [-0.2, -0.15) is 0 Å². The number of carbonyl (C=O) groups excluding carboxylic acids is 1. The normalized spacial score (nSPS) is 13.9. The molecule has 1 aromatic rings. The Labute approximate surface area is 99.1 Å². The van der Waals surface area contributed by atoms with Crippen LogP contribution in [0.3, 0.4) is 0 Å². The first-order valence-electron chi connectivity index (χ1n) is 4.72. The summed E-state index contributed by atoms with van der Waals surface area (Å²) in [5.74, 6) is -1.59. The SMILES string of the molecule is CC(=O)NC(S)(Cc1ccccc1)C(=O)O. The van der Waals surface area contributed by atoms with Crippen molar-refractivity contribution < 1.29 is 14.7 Å². The average Bonchev–Trinajstić information content (AvgIpc) is 2.17. The van der Waals surface area contributed by atoms with Crippen molar-refractivity contribution in [3.8, 4) is 0 Å². The van der Waals surface area contributed by atoms with Gasteiger partial charge in [0.1, 0.15) is 0 Å². The number of benzene rings is 1. The molecule has 1 rings (SSSR count). The van der Waals surface area contributed by atoms with Gasteiger partial charge in [0.25, 0.3) is 0 Å². The van der Waals surface area contributed by atoms with E-state index in [2.05, 4.69) is 17.9 Å². The van der Waals surface area contributed by atoms with E-state index in [4.69, 9.17) is 5.11 Å². The molecule has 2 N–H and O–H groups in total. The Bertz CT molecular complexity index is 393. The van der Waals surface area contributed by atoms with E-state index in [0.29, 0.717) is 0 Å². The van der Waals surface area contributed by atoms with Gasteiger partial charge in [0.2, 0.25) is 5.91 Å². The summed E-state index contributed by atoms with van der Waals surface area (Å²) in [5, 5.41) is 11.4. The number of thiol groups is 1. The van der Waals surface area contributed by atoms with Gasteiger partial charge >= 0.3 is 5.97 Å². The lowest BCUT2D eigenvalue weighted by Gasteiger charge is -2.24. The molecule has 0 aliphatic rings. The Morgan fingerprint density at radius 1 is 1.38 bits per heavy atom. The quantitative estimate of drug-likeness (QED) is 0.544. The number of aliphatic carboxylic acids is 1. The second-order valence-corrected chi connectivity index (χ2v) is 4.27. The topological polar surface area (TPSA) is 66.4 Å². The maximum atomic E-state index is 11.1. The average molecular weight is 239 g/mol. The summed E-state index contributed by atoms with van der Waals surface area (Å²) in [4.78, 5) is 20.4. The summed E-state index contributed by atoms with van der Waals surface area (Å²) < 4.78 is 0. The van der Waals surface area contributed by atoms with Crippen LogP contribution in [-0.4, -0.2) is 21.9 Å². The zero-order chi connectivity index (χ0) is 12.2. The number of amides is 1. The van der Waals surface area contributed by atoms with Crippen LogP contribution in [0.2, 0.25) is 0 Å². The van der Waals surface area contributed by atoms with Crippen LogP contribution in [0.15, 0.2) is 30.3 Å². The maximum absolute atomic E-state index is 11.1. The van der Waals surface area contributed by atoms with Gasteiger partial charge in [-0.25, -0.2) is 4.79 Å². The first kappa shape index (κ1) is 12.6. The van der Waals surface area contributed by atoms with Crippen molar-refractivity contribution >= 4 is 24.5 Å². The number of carbonyl (C=O) groups is 2. The van der Waals surface area contributed by atoms with Crippen LogP contribution in [0.25, 0.3) is 0 Å². The second-order valence-electron chi connectivity index (χ2n) is 3.51. The molecule has 1 unspecified atom stereocenters. The Morgan fingerprint density at radius 3 is 2.38 bits per heavy atom. The highest BCUT2D eigenvalue weighted by Crippen LogP contribution is 2.18. The Balaban J connectivity index is 2.87. The minimum Gasteiger partial charge on any atom is -0.479 e. The molecule has 86 valence electrons. The van der Waals surface area contributed by atoms with Gasteiger partial charge < -0.3 is 10.4 Å². The van der Waals surface area contributed by atoms with Crippen molar-refractivity contribution in [1.29, 1.82) is 0 Å². The van der Waals surface area contributed by atoms with Gasteiger partial charge in [-0.15, -0.1) is 12.6 Å². The third kappa shape index (κ3) is 3.27. The molecule has 0 fully saturated rings. The summed E-state index contributed by atoms with van der Waals surface area (Å²) in [6.45, 7) is 1.26. The molecule has 5 heteroatoms. The lowest BCUT2D eigenvalue weighted by atomic mass is 10.1. The number of carboxylic acid groups (broad SMARTS) is 1. The molecule has 0 aliphatic carbocycles. The molecule has 0 aliphatic heterocycles. The maximum Gasteiger partial charge on any atom is 0.340 e. The highest BCUT2D eigenvalue weighted by molar-refractivity contribution is 7.82. The predicted molar refractivity (Wildman–Crippen MR) is 63.3 cm³/mol. The van der Waals surface area contributed by atoms with Crippen molar-refractivity contribution in [2.75, 3.05) is 0 Å². The van der Waals surface area contributed by atoms with Gasteiger partial charge in [-0.3, -0.25) is 4.79 Å². The fourth-order valence-electron chi connectivity index (χ4n) is 1.36. The van der Waals surface area contributed by atoms with Crippen LogP contribution < -0.4 is 5.32 Å². The van der Waals surface area contributed by atoms with Crippen molar-refractivity contribution in [2.24, 2.45) is 0 Å². The zero-order valence-electron chi connectivity index (χ0n) is 8.80. The summed E-state index contributed by atoms with van der Waals surface area (Å²) in [6.07, 6.45) is 0.131. The van der Waals surface area contributed by atoms with Crippen molar-refractivity contribution in [3.63, 3.8) is 0 Å². The fourth-order valence-corrected chi connectivity index (χ4v) is 1.70. The molecule has 0 aromatic heterocycles. The first-order valence-corrected chi connectivity index (χ1v) is 5.17. The Kier molecular flexibility index (Phi) is 3.95. The standard InChI is InChI=1S/C11H13NO3S/c1-8(13)12-11(16,10(14)15)7-9-5-3-2-4-6-9/h2-6,16H,7H2,1H3,(H,12,13)(H,14,15). The molecule has 0 heterocycles. The van der Waals surface area contributed by atoms with Gasteiger partial charge in [0.05, 0.1) is 0 Å². The number of rotatable bonds is 4. The molecule has 0 bridgehead atoms. The molecular weight excluding hydrogens is 226 g/mol. The molecule has 4 nitrogen and oxygen atoms in total. The Hall–Kier alpha value is -1.49. The minimum absolute atomic E-state index is 0.131. The van der Waals surface area contributed by atoms with E-state index in [1.165, 1.54) is 6.92 Å². The third-order valence-corrected chi connectivity index (χ3v) is 2.50. The molecule has 0 spiro atoms. The van der Waals surface area contributed by atoms with Gasteiger partial charge in [0, 0.05) is 13.3 Å². The lowest BCUT2D eigenvalue weighted by molar-refractivity contribution is -0.143. The summed E-state index contributed by atoms with van der Waals surface area (Å²) in [5.41, 5.74) is 0.800. The van der Waals surface area contributed by atoms with E-state index in [0.717, 1.165) is 5.56 Å². The molecule has 0 radical (unpaired) electrons. The molecular formula is C11H13NO3S. The van der Waals surface area contributed by atoms with Crippen LogP contribution in [0.4, 0.5) is 0 Å². The highest BCUT2D eigenvalue weighted by atomic mass is 32.1.